The van der Waals surface area contributed by atoms with E-state index in [1.54, 1.807) is 11.3 Å². The molecule has 3 nitrogen and oxygen atoms in total. The van der Waals surface area contributed by atoms with E-state index in [1.165, 1.54) is 0 Å². The van der Waals surface area contributed by atoms with E-state index in [-0.39, 0.29) is 5.41 Å². The Morgan fingerprint density at radius 3 is 2.68 bits per heavy atom. The smallest absolute Gasteiger partial charge is 0.115 e. The van der Waals surface area contributed by atoms with Crippen LogP contribution in [0.5, 0.6) is 0 Å². The maximum Gasteiger partial charge on any atom is 0.115 e. The third-order valence-corrected chi connectivity index (χ3v) is 5.27. The number of aliphatic hydroxyl groups excluding tert-OH is 1. The minimum atomic E-state index is -0.755. The van der Waals surface area contributed by atoms with Gasteiger partial charge in [0, 0.05) is 10.8 Å². The molecule has 1 saturated carbocycles. The highest BCUT2D eigenvalue weighted by molar-refractivity contribution is 7.09. The van der Waals surface area contributed by atoms with Gasteiger partial charge >= 0.3 is 0 Å². The highest BCUT2D eigenvalue weighted by atomic mass is 32.1. The molecule has 0 radical (unpaired) electrons. The molecule has 0 amide bonds. The molecule has 0 aliphatic heterocycles. The van der Waals surface area contributed by atoms with E-state index in [9.17, 15) is 10.4 Å². The Bertz CT molecular complexity index is 497. The molecular weight excluding hydrogens is 256 g/mol. The number of nitriles is 1. The number of aromatic nitrogens is 1. The minimum Gasteiger partial charge on any atom is -0.385 e. The van der Waals surface area contributed by atoms with Crippen LogP contribution in [0.1, 0.15) is 63.8 Å². The first-order chi connectivity index (χ1) is 8.78. The summed E-state index contributed by atoms with van der Waals surface area (Å²) in [5, 5.41) is 23.0. The lowest BCUT2D eigenvalue weighted by Crippen LogP contribution is -2.25. The van der Waals surface area contributed by atoms with Crippen LogP contribution < -0.4 is 0 Å². The first-order valence-corrected chi connectivity index (χ1v) is 7.72. The van der Waals surface area contributed by atoms with Crippen molar-refractivity contribution in [2.24, 2.45) is 11.3 Å². The Morgan fingerprint density at radius 2 is 2.26 bits per heavy atom. The molecule has 1 aromatic heterocycles. The molecule has 0 aromatic carbocycles. The molecule has 0 bridgehead atoms. The van der Waals surface area contributed by atoms with Gasteiger partial charge in [-0.2, -0.15) is 5.26 Å². The maximum absolute atomic E-state index is 10.6. The predicted octanol–water partition coefficient (Wildman–Crippen LogP) is 3.80. The Balaban J connectivity index is 2.27. The lowest BCUT2D eigenvalue weighted by atomic mass is 9.80. The lowest BCUT2D eigenvalue weighted by Gasteiger charge is -2.26. The van der Waals surface area contributed by atoms with E-state index < -0.39 is 11.5 Å². The monoisotopic (exact) mass is 278 g/mol. The van der Waals surface area contributed by atoms with Crippen LogP contribution in [0.2, 0.25) is 0 Å². The highest BCUT2D eigenvalue weighted by Gasteiger charge is 2.45. The molecule has 1 heterocycles. The molecule has 1 aromatic rings. The highest BCUT2D eigenvalue weighted by Crippen LogP contribution is 2.49. The van der Waals surface area contributed by atoms with Crippen molar-refractivity contribution in [3.8, 4) is 6.07 Å². The first kappa shape index (κ1) is 14.5. The van der Waals surface area contributed by atoms with Gasteiger partial charge in [-0.1, -0.05) is 27.7 Å². The van der Waals surface area contributed by atoms with E-state index in [1.807, 2.05) is 5.38 Å². The van der Waals surface area contributed by atoms with Crippen LogP contribution >= 0.6 is 11.3 Å². The van der Waals surface area contributed by atoms with Gasteiger partial charge in [-0.25, -0.2) is 4.98 Å². The third kappa shape index (κ3) is 2.68. The SMILES string of the molecule is CC1CCC(C#N)(C(O)c2csc(C(C)(C)C)n2)C1. The fourth-order valence-corrected chi connectivity index (χ4v) is 3.71. The van der Waals surface area contributed by atoms with Crippen LogP contribution in [0.15, 0.2) is 5.38 Å². The Hall–Kier alpha value is -0.920. The van der Waals surface area contributed by atoms with Crippen LogP contribution in [0.25, 0.3) is 0 Å². The van der Waals surface area contributed by atoms with Gasteiger partial charge in [0.2, 0.25) is 0 Å². The fourth-order valence-electron chi connectivity index (χ4n) is 2.78. The van der Waals surface area contributed by atoms with E-state index in [0.717, 1.165) is 24.3 Å². The average molecular weight is 278 g/mol. The Kier molecular flexibility index (Phi) is 3.72. The lowest BCUT2D eigenvalue weighted by molar-refractivity contribution is 0.0613. The van der Waals surface area contributed by atoms with E-state index in [4.69, 9.17) is 0 Å². The Labute approximate surface area is 119 Å². The van der Waals surface area contributed by atoms with Crippen molar-refractivity contribution in [2.45, 2.75) is 58.5 Å². The predicted molar refractivity (Wildman–Crippen MR) is 76.8 cm³/mol. The van der Waals surface area contributed by atoms with Gasteiger partial charge in [0.05, 0.1) is 22.2 Å². The van der Waals surface area contributed by atoms with Crippen LogP contribution in [0.4, 0.5) is 0 Å². The fraction of sp³-hybridized carbons (Fsp3) is 0.733. The average Bonchev–Trinajstić information content (AvgIpc) is 2.94. The van der Waals surface area contributed by atoms with Gasteiger partial charge in [-0.05, 0) is 25.2 Å². The van der Waals surface area contributed by atoms with E-state index >= 15 is 0 Å². The molecule has 3 atom stereocenters. The summed E-state index contributed by atoms with van der Waals surface area (Å²) < 4.78 is 0. The van der Waals surface area contributed by atoms with E-state index in [2.05, 4.69) is 38.7 Å². The van der Waals surface area contributed by atoms with E-state index in [0.29, 0.717) is 11.6 Å². The van der Waals surface area contributed by atoms with Crippen molar-refractivity contribution in [1.29, 1.82) is 5.26 Å². The molecule has 4 heteroatoms. The van der Waals surface area contributed by atoms with Crippen LogP contribution in [0.3, 0.4) is 0 Å². The maximum atomic E-state index is 10.6. The number of hydrogen-bond acceptors (Lipinski definition) is 4. The summed E-state index contributed by atoms with van der Waals surface area (Å²) in [6.45, 7) is 8.48. The van der Waals surface area contributed by atoms with Gasteiger partial charge in [0.15, 0.2) is 0 Å². The van der Waals surface area contributed by atoms with Crippen LogP contribution in [0, 0.1) is 22.7 Å². The van der Waals surface area contributed by atoms with Gasteiger partial charge in [-0.3, -0.25) is 0 Å². The van der Waals surface area contributed by atoms with Crippen molar-refractivity contribution in [3.05, 3.63) is 16.1 Å². The second kappa shape index (κ2) is 4.88. The third-order valence-electron chi connectivity index (χ3n) is 3.99. The minimum absolute atomic E-state index is 0.00852. The largest absolute Gasteiger partial charge is 0.385 e. The summed E-state index contributed by atoms with van der Waals surface area (Å²) in [6, 6.07) is 2.37. The van der Waals surface area contributed by atoms with Crippen molar-refractivity contribution in [3.63, 3.8) is 0 Å². The first-order valence-electron chi connectivity index (χ1n) is 6.84. The second-order valence-electron chi connectivity index (χ2n) is 6.85. The molecular formula is C15H22N2OS. The summed E-state index contributed by atoms with van der Waals surface area (Å²) in [5.74, 6) is 0.509. The molecule has 0 saturated heterocycles. The summed E-state index contributed by atoms with van der Waals surface area (Å²) in [5.41, 5.74) is 0.0270. The zero-order valence-corrected chi connectivity index (χ0v) is 12.9. The quantitative estimate of drug-likeness (QED) is 0.895. The molecule has 1 aliphatic carbocycles. The van der Waals surface area contributed by atoms with Crippen molar-refractivity contribution < 1.29 is 5.11 Å². The van der Waals surface area contributed by atoms with Crippen molar-refractivity contribution in [2.75, 3.05) is 0 Å². The van der Waals surface area contributed by atoms with Gasteiger partial charge < -0.3 is 5.11 Å². The Morgan fingerprint density at radius 1 is 1.58 bits per heavy atom. The summed E-state index contributed by atoms with van der Waals surface area (Å²) >= 11 is 1.57. The van der Waals surface area contributed by atoms with Crippen LogP contribution in [-0.4, -0.2) is 10.1 Å². The molecule has 1 fully saturated rings. The van der Waals surface area contributed by atoms with Gasteiger partial charge in [-0.15, -0.1) is 11.3 Å². The standard InChI is InChI=1S/C15H22N2OS/c1-10-5-6-15(7-10,9-16)12(18)11-8-19-13(17-11)14(2,3)4/h8,10,12,18H,5-7H2,1-4H3. The molecule has 19 heavy (non-hydrogen) atoms. The number of hydrogen-bond donors (Lipinski definition) is 1. The zero-order chi connectivity index (χ0) is 14.3. The number of rotatable bonds is 2. The molecule has 0 spiro atoms. The molecule has 3 unspecified atom stereocenters. The second-order valence-corrected chi connectivity index (χ2v) is 7.70. The zero-order valence-electron chi connectivity index (χ0n) is 12.1. The van der Waals surface area contributed by atoms with Crippen molar-refractivity contribution in [1.82, 2.24) is 4.98 Å². The number of nitrogens with zero attached hydrogens (tertiary/aromatic N) is 2. The normalized spacial score (nSPS) is 29.2. The molecule has 104 valence electrons. The molecule has 2 rings (SSSR count). The molecule has 1 aliphatic rings. The van der Waals surface area contributed by atoms with Gasteiger partial charge in [0.1, 0.15) is 6.10 Å². The van der Waals surface area contributed by atoms with Crippen LogP contribution in [-0.2, 0) is 5.41 Å². The van der Waals surface area contributed by atoms with Gasteiger partial charge in [0.25, 0.3) is 0 Å². The summed E-state index contributed by atoms with van der Waals surface area (Å²) in [4.78, 5) is 4.56. The number of thiazole rings is 1. The number of aliphatic hydroxyl groups is 1. The topological polar surface area (TPSA) is 56.9 Å². The van der Waals surface area contributed by atoms with Crippen molar-refractivity contribution >= 4 is 11.3 Å². The summed E-state index contributed by atoms with van der Waals surface area (Å²) in [7, 11) is 0. The molecule has 1 N–H and O–H groups in total. The summed E-state index contributed by atoms with van der Waals surface area (Å²) in [6.07, 6.45) is 1.80.